The van der Waals surface area contributed by atoms with E-state index in [1.165, 1.54) is 0 Å². The maximum absolute atomic E-state index is 12.5. The summed E-state index contributed by atoms with van der Waals surface area (Å²) in [7, 11) is -3.37. The third-order valence-electron chi connectivity index (χ3n) is 4.06. The molecular weight excluding hydrogens is 304 g/mol. The van der Waals surface area contributed by atoms with Crippen LogP contribution in [0.4, 0.5) is 0 Å². The zero-order valence-corrected chi connectivity index (χ0v) is 17.3. The van der Waals surface area contributed by atoms with Gasteiger partial charge in [-0.2, -0.15) is 0 Å². The van der Waals surface area contributed by atoms with Gasteiger partial charge in [0.2, 0.25) is 0 Å². The molecule has 1 aromatic rings. The van der Waals surface area contributed by atoms with Crippen molar-refractivity contribution in [3.63, 3.8) is 0 Å². The van der Waals surface area contributed by atoms with Crippen molar-refractivity contribution in [3.05, 3.63) is 17.7 Å². The number of Topliss-reactive ketones (excluding diaryl/α,β-unsaturated/α-hetero) is 1. The molecule has 0 radical (unpaired) electrons. The Hall–Kier alpha value is -0.876. The van der Waals surface area contributed by atoms with Crippen molar-refractivity contribution in [2.24, 2.45) is 0 Å². The first-order chi connectivity index (χ1) is 9.98. The van der Waals surface area contributed by atoms with E-state index in [0.717, 1.165) is 35.2 Å². The van der Waals surface area contributed by atoms with Gasteiger partial charge in [0, 0.05) is 12.0 Å². The number of carbonyl (C=O) groups excluding carboxylic acids is 1. The van der Waals surface area contributed by atoms with Crippen molar-refractivity contribution in [2.75, 3.05) is 0 Å². The molecule has 0 aliphatic heterocycles. The largest absolute Gasteiger partial charge is 0.508 e. The number of phenols is 1. The Bertz CT molecular complexity index is 502. The molecule has 22 heavy (non-hydrogen) atoms. The van der Waals surface area contributed by atoms with E-state index >= 15 is 0 Å². The Kier molecular flexibility index (Phi) is 6.21. The highest BCUT2D eigenvalue weighted by Gasteiger charge is 2.29. The van der Waals surface area contributed by atoms with Gasteiger partial charge in [-0.1, -0.05) is 59.0 Å². The van der Waals surface area contributed by atoms with Crippen LogP contribution in [0.1, 0.15) is 43.0 Å². The van der Waals surface area contributed by atoms with Crippen LogP contribution in [-0.4, -0.2) is 27.0 Å². The summed E-state index contributed by atoms with van der Waals surface area (Å²) in [5, 5.41) is 12.8. The molecule has 0 heterocycles. The summed E-state index contributed by atoms with van der Waals surface area (Å²) < 4.78 is 0. The minimum Gasteiger partial charge on any atom is -0.508 e. The lowest BCUT2D eigenvalue weighted by molar-refractivity contribution is 0.0979. The van der Waals surface area contributed by atoms with E-state index in [2.05, 4.69) is 46.2 Å². The third kappa shape index (κ3) is 4.81. The van der Waals surface area contributed by atoms with Crippen LogP contribution in [0, 0.1) is 0 Å². The standard InChI is InChI=1S/C18H32O2Si2/c1-8-9-10-11-15(19)14-12-16(21(2,3)4)18(20)17(13-14)22(5,6)7/h12-13,20H,8-11H2,1-7H3. The lowest BCUT2D eigenvalue weighted by Crippen LogP contribution is -2.46. The lowest BCUT2D eigenvalue weighted by Gasteiger charge is -2.26. The van der Waals surface area contributed by atoms with E-state index in [-0.39, 0.29) is 5.78 Å². The summed E-state index contributed by atoms with van der Waals surface area (Å²) in [4.78, 5) is 12.5. The molecule has 0 spiro atoms. The number of rotatable bonds is 7. The van der Waals surface area contributed by atoms with Gasteiger partial charge in [0.15, 0.2) is 5.78 Å². The number of hydrogen-bond acceptors (Lipinski definition) is 2. The van der Waals surface area contributed by atoms with Gasteiger partial charge in [0.25, 0.3) is 0 Å². The summed E-state index contributed by atoms with van der Waals surface area (Å²) in [6.45, 7) is 15.5. The molecule has 0 atom stereocenters. The molecule has 0 saturated heterocycles. The quantitative estimate of drug-likeness (QED) is 0.459. The van der Waals surface area contributed by atoms with Crippen molar-refractivity contribution in [1.29, 1.82) is 0 Å². The van der Waals surface area contributed by atoms with Crippen LogP contribution in [-0.2, 0) is 0 Å². The number of carbonyl (C=O) groups is 1. The predicted octanol–water partition coefficient (Wildman–Crippen LogP) is 4.25. The van der Waals surface area contributed by atoms with Crippen molar-refractivity contribution >= 4 is 32.3 Å². The number of phenolic OH excluding ortho intramolecular Hbond substituents is 1. The molecule has 0 bridgehead atoms. The summed E-state index contributed by atoms with van der Waals surface area (Å²) in [6.07, 6.45) is 3.81. The maximum Gasteiger partial charge on any atom is 0.162 e. The maximum atomic E-state index is 12.5. The average Bonchev–Trinajstić information content (AvgIpc) is 2.36. The van der Waals surface area contributed by atoms with Gasteiger partial charge < -0.3 is 5.11 Å². The van der Waals surface area contributed by atoms with Crippen molar-refractivity contribution < 1.29 is 9.90 Å². The van der Waals surface area contributed by atoms with E-state index in [1.807, 2.05) is 12.1 Å². The minimum absolute atomic E-state index is 0.229. The van der Waals surface area contributed by atoms with Crippen LogP contribution in [0.5, 0.6) is 5.75 Å². The molecule has 0 aromatic heterocycles. The van der Waals surface area contributed by atoms with Crippen molar-refractivity contribution in [1.82, 2.24) is 0 Å². The molecule has 0 saturated carbocycles. The fraction of sp³-hybridized carbons (Fsp3) is 0.611. The van der Waals surface area contributed by atoms with Gasteiger partial charge in [-0.15, -0.1) is 0 Å². The van der Waals surface area contributed by atoms with Gasteiger partial charge in [0.05, 0.1) is 16.1 Å². The summed E-state index contributed by atoms with van der Waals surface area (Å²) >= 11 is 0. The molecule has 1 aromatic carbocycles. The second-order valence-electron chi connectivity index (χ2n) is 8.30. The Morgan fingerprint density at radius 1 is 0.955 bits per heavy atom. The summed E-state index contributed by atoms with van der Waals surface area (Å²) in [6, 6.07) is 3.94. The van der Waals surface area contributed by atoms with E-state index in [4.69, 9.17) is 0 Å². The van der Waals surface area contributed by atoms with Crippen LogP contribution in [0.15, 0.2) is 12.1 Å². The first kappa shape index (κ1) is 19.2. The smallest absolute Gasteiger partial charge is 0.162 e. The molecule has 0 aliphatic carbocycles. The van der Waals surface area contributed by atoms with Crippen LogP contribution < -0.4 is 10.4 Å². The summed E-state index contributed by atoms with van der Waals surface area (Å²) in [5.74, 6) is 0.691. The molecule has 0 amide bonds. The molecule has 1 N–H and O–H groups in total. The molecule has 2 nitrogen and oxygen atoms in total. The van der Waals surface area contributed by atoms with E-state index in [1.54, 1.807) is 0 Å². The zero-order valence-electron chi connectivity index (χ0n) is 15.3. The van der Waals surface area contributed by atoms with Gasteiger partial charge in [-0.25, -0.2) is 0 Å². The molecule has 4 heteroatoms. The highest BCUT2D eigenvalue weighted by molar-refractivity contribution is 6.92. The first-order valence-corrected chi connectivity index (χ1v) is 15.4. The number of ketones is 1. The fourth-order valence-electron chi connectivity index (χ4n) is 2.62. The van der Waals surface area contributed by atoms with E-state index < -0.39 is 16.1 Å². The molecule has 1 rings (SSSR count). The summed E-state index contributed by atoms with van der Waals surface area (Å²) in [5.41, 5.74) is 0.809. The number of unbranched alkanes of at least 4 members (excludes halogenated alkanes) is 2. The van der Waals surface area contributed by atoms with Crippen molar-refractivity contribution in [3.8, 4) is 5.75 Å². The number of hydrogen-bond donors (Lipinski definition) is 1. The molecule has 124 valence electrons. The topological polar surface area (TPSA) is 37.3 Å². The van der Waals surface area contributed by atoms with E-state index in [0.29, 0.717) is 12.2 Å². The Balaban J connectivity index is 3.32. The second-order valence-corrected chi connectivity index (χ2v) is 18.4. The van der Waals surface area contributed by atoms with Gasteiger partial charge >= 0.3 is 0 Å². The average molecular weight is 337 g/mol. The lowest BCUT2D eigenvalue weighted by atomic mass is 10.0. The number of aromatic hydroxyl groups is 1. The van der Waals surface area contributed by atoms with Crippen molar-refractivity contribution in [2.45, 2.75) is 71.9 Å². The first-order valence-electron chi connectivity index (χ1n) is 8.39. The Morgan fingerprint density at radius 2 is 1.41 bits per heavy atom. The van der Waals surface area contributed by atoms with E-state index in [9.17, 15) is 9.90 Å². The van der Waals surface area contributed by atoms with Gasteiger partial charge in [-0.3, -0.25) is 4.79 Å². The molecule has 0 unspecified atom stereocenters. The van der Waals surface area contributed by atoms with Crippen LogP contribution in [0.2, 0.25) is 39.3 Å². The zero-order chi connectivity index (χ0) is 17.1. The normalized spacial score (nSPS) is 12.5. The predicted molar refractivity (Wildman–Crippen MR) is 103 cm³/mol. The molecule has 0 fully saturated rings. The molecular formula is C18H32O2Si2. The second kappa shape index (κ2) is 7.13. The van der Waals surface area contributed by atoms with Crippen LogP contribution in [0.25, 0.3) is 0 Å². The van der Waals surface area contributed by atoms with Crippen LogP contribution >= 0.6 is 0 Å². The third-order valence-corrected chi connectivity index (χ3v) is 8.05. The SMILES string of the molecule is CCCCCC(=O)c1cc([Si](C)(C)C)c(O)c([Si](C)(C)C)c1. The Labute approximate surface area is 138 Å². The fourth-order valence-corrected chi connectivity index (χ4v) is 5.61. The van der Waals surface area contributed by atoms with Crippen LogP contribution in [0.3, 0.4) is 0 Å². The number of benzene rings is 1. The van der Waals surface area contributed by atoms with Gasteiger partial charge in [0.1, 0.15) is 5.75 Å². The monoisotopic (exact) mass is 336 g/mol. The highest BCUT2D eigenvalue weighted by atomic mass is 28.3. The van der Waals surface area contributed by atoms with Gasteiger partial charge in [-0.05, 0) is 28.9 Å². The minimum atomic E-state index is -1.68. The Morgan fingerprint density at radius 3 is 1.77 bits per heavy atom. The molecule has 0 aliphatic rings. The highest BCUT2D eigenvalue weighted by Crippen LogP contribution is 2.19.